The fourth-order valence-electron chi connectivity index (χ4n) is 3.33. The van der Waals surface area contributed by atoms with Crippen LogP contribution in [-0.2, 0) is 9.53 Å². The van der Waals surface area contributed by atoms with E-state index in [9.17, 15) is 14.9 Å². The van der Waals surface area contributed by atoms with E-state index >= 15 is 0 Å². The van der Waals surface area contributed by atoms with E-state index in [1.54, 1.807) is 30.5 Å². The molecule has 1 saturated heterocycles. The lowest BCUT2D eigenvalue weighted by Gasteiger charge is -2.31. The van der Waals surface area contributed by atoms with Crippen LogP contribution in [-0.4, -0.2) is 35.8 Å². The van der Waals surface area contributed by atoms with Crippen LogP contribution in [0.1, 0.15) is 16.8 Å². The number of fused-ring (bicyclic) bond motifs is 1. The number of esters is 1. The number of carbonyl (C=O) groups excluding carboxylic acids is 2. The van der Waals surface area contributed by atoms with Gasteiger partial charge in [0.15, 0.2) is 5.78 Å². The molecule has 3 unspecified atom stereocenters. The summed E-state index contributed by atoms with van der Waals surface area (Å²) in [6, 6.07) is 10.2. The van der Waals surface area contributed by atoms with Gasteiger partial charge in [0.25, 0.3) is 0 Å². The predicted molar refractivity (Wildman–Crippen MR) is 83.1 cm³/mol. The normalized spacial score (nSPS) is 25.3. The van der Waals surface area contributed by atoms with Crippen LogP contribution in [0.5, 0.6) is 0 Å². The summed E-state index contributed by atoms with van der Waals surface area (Å²) in [6.07, 6.45) is 5.54. The predicted octanol–water partition coefficient (Wildman–Crippen LogP) is 2.08. The number of allylic oxidation sites excluding steroid dienone is 2. The van der Waals surface area contributed by atoms with E-state index in [0.717, 1.165) is 0 Å². The number of ketones is 1. The van der Waals surface area contributed by atoms with Gasteiger partial charge in [0.05, 0.1) is 36.8 Å². The third-order valence-corrected chi connectivity index (χ3v) is 4.39. The molecule has 1 fully saturated rings. The van der Waals surface area contributed by atoms with Crippen LogP contribution in [0.25, 0.3) is 0 Å². The standard InChI is InChI=1S/C18H16N2O3/c1-23-18(22)14-10-15(17(21)12-6-3-2-4-7-12)20-9-5-8-13(11-19)16(14)20/h2-9,14-16H,10H2,1H3. The van der Waals surface area contributed by atoms with Crippen molar-refractivity contribution in [2.24, 2.45) is 5.92 Å². The zero-order valence-electron chi connectivity index (χ0n) is 12.7. The van der Waals surface area contributed by atoms with Crippen molar-refractivity contribution in [2.75, 3.05) is 7.11 Å². The van der Waals surface area contributed by atoms with Gasteiger partial charge in [-0.15, -0.1) is 0 Å². The van der Waals surface area contributed by atoms with Crippen LogP contribution in [0.15, 0.2) is 54.3 Å². The minimum absolute atomic E-state index is 0.0501. The number of hydrogen-bond acceptors (Lipinski definition) is 5. The van der Waals surface area contributed by atoms with Gasteiger partial charge in [-0.05, 0) is 18.6 Å². The van der Waals surface area contributed by atoms with E-state index in [1.807, 2.05) is 23.1 Å². The van der Waals surface area contributed by atoms with E-state index in [0.29, 0.717) is 17.6 Å². The number of nitrogens with zero attached hydrogens (tertiary/aromatic N) is 2. The monoisotopic (exact) mass is 308 g/mol. The minimum Gasteiger partial charge on any atom is -0.469 e. The molecule has 0 aromatic heterocycles. The molecule has 0 radical (unpaired) electrons. The molecule has 23 heavy (non-hydrogen) atoms. The number of carbonyl (C=O) groups is 2. The van der Waals surface area contributed by atoms with Gasteiger partial charge < -0.3 is 9.64 Å². The highest BCUT2D eigenvalue weighted by molar-refractivity contribution is 6.01. The molecule has 0 saturated carbocycles. The Morgan fingerprint density at radius 1 is 1.30 bits per heavy atom. The Morgan fingerprint density at radius 3 is 2.70 bits per heavy atom. The number of Topliss-reactive ketones (excluding diaryl/α,β-unsaturated/α-hetero) is 1. The van der Waals surface area contributed by atoms with Crippen molar-refractivity contribution in [1.29, 1.82) is 5.26 Å². The second kappa shape index (κ2) is 6.09. The number of rotatable bonds is 3. The van der Waals surface area contributed by atoms with Crippen molar-refractivity contribution in [3.8, 4) is 6.07 Å². The lowest BCUT2D eigenvalue weighted by Crippen LogP contribution is -2.40. The van der Waals surface area contributed by atoms with E-state index in [-0.39, 0.29) is 11.8 Å². The molecule has 0 aliphatic carbocycles. The summed E-state index contributed by atoms with van der Waals surface area (Å²) in [4.78, 5) is 26.8. The molecule has 2 heterocycles. The summed E-state index contributed by atoms with van der Waals surface area (Å²) in [5, 5.41) is 9.34. The SMILES string of the molecule is COC(=O)C1CC(C(=O)c2ccccc2)N2C=CC=C(C#N)C12. The van der Waals surface area contributed by atoms with Crippen LogP contribution in [0, 0.1) is 17.2 Å². The number of hydrogen-bond donors (Lipinski definition) is 0. The molecule has 3 atom stereocenters. The number of nitriles is 1. The molecule has 0 spiro atoms. The first-order valence-electron chi connectivity index (χ1n) is 7.40. The van der Waals surface area contributed by atoms with Crippen LogP contribution in [0.2, 0.25) is 0 Å². The summed E-state index contributed by atoms with van der Waals surface area (Å²) < 4.78 is 4.87. The topological polar surface area (TPSA) is 70.4 Å². The molecule has 0 amide bonds. The Balaban J connectivity index is 1.96. The lowest BCUT2D eigenvalue weighted by atomic mass is 9.92. The summed E-state index contributed by atoms with van der Waals surface area (Å²) in [6.45, 7) is 0. The first-order valence-corrected chi connectivity index (χ1v) is 7.40. The van der Waals surface area contributed by atoms with Gasteiger partial charge >= 0.3 is 5.97 Å². The first-order chi connectivity index (χ1) is 11.2. The second-order valence-electron chi connectivity index (χ2n) is 5.58. The summed E-state index contributed by atoms with van der Waals surface area (Å²) >= 11 is 0. The summed E-state index contributed by atoms with van der Waals surface area (Å²) in [5.41, 5.74) is 1.08. The van der Waals surface area contributed by atoms with Crippen LogP contribution in [0.4, 0.5) is 0 Å². The molecule has 1 aromatic carbocycles. The van der Waals surface area contributed by atoms with Gasteiger partial charge in [-0.1, -0.05) is 30.3 Å². The zero-order valence-corrected chi connectivity index (χ0v) is 12.7. The van der Waals surface area contributed by atoms with Gasteiger partial charge in [-0.3, -0.25) is 9.59 Å². The van der Waals surface area contributed by atoms with Crippen molar-refractivity contribution < 1.29 is 14.3 Å². The Labute approximate surface area is 134 Å². The summed E-state index contributed by atoms with van der Waals surface area (Å²) in [7, 11) is 1.33. The highest BCUT2D eigenvalue weighted by Gasteiger charge is 2.49. The third-order valence-electron chi connectivity index (χ3n) is 4.39. The zero-order chi connectivity index (χ0) is 16.4. The largest absolute Gasteiger partial charge is 0.469 e. The molecular weight excluding hydrogens is 292 g/mol. The Morgan fingerprint density at radius 2 is 2.04 bits per heavy atom. The quantitative estimate of drug-likeness (QED) is 0.631. The number of ether oxygens (including phenoxy) is 1. The number of methoxy groups -OCH3 is 1. The molecule has 116 valence electrons. The fourth-order valence-corrected chi connectivity index (χ4v) is 3.33. The van der Waals surface area contributed by atoms with Gasteiger partial charge in [-0.2, -0.15) is 5.26 Å². The van der Waals surface area contributed by atoms with E-state index in [1.165, 1.54) is 7.11 Å². The number of benzene rings is 1. The van der Waals surface area contributed by atoms with Crippen LogP contribution >= 0.6 is 0 Å². The van der Waals surface area contributed by atoms with E-state index in [4.69, 9.17) is 4.74 Å². The van der Waals surface area contributed by atoms with Crippen molar-refractivity contribution in [2.45, 2.75) is 18.5 Å². The van der Waals surface area contributed by atoms with E-state index in [2.05, 4.69) is 6.07 Å². The van der Waals surface area contributed by atoms with Gasteiger partial charge in [0, 0.05) is 11.8 Å². The molecular formula is C18H16N2O3. The molecule has 0 bridgehead atoms. The summed E-state index contributed by atoms with van der Waals surface area (Å²) in [5.74, 6) is -0.959. The third kappa shape index (κ3) is 2.53. The van der Waals surface area contributed by atoms with Crippen LogP contribution in [0.3, 0.4) is 0 Å². The highest BCUT2D eigenvalue weighted by atomic mass is 16.5. The maximum Gasteiger partial charge on any atom is 0.311 e. The molecule has 5 nitrogen and oxygen atoms in total. The molecule has 0 N–H and O–H groups in total. The Hall–Kier alpha value is -2.87. The molecule has 5 heteroatoms. The maximum absolute atomic E-state index is 12.8. The minimum atomic E-state index is -0.520. The fraction of sp³-hybridized carbons (Fsp3) is 0.278. The average Bonchev–Trinajstić information content (AvgIpc) is 3.01. The van der Waals surface area contributed by atoms with Crippen molar-refractivity contribution >= 4 is 11.8 Å². The van der Waals surface area contributed by atoms with E-state index < -0.39 is 18.0 Å². The molecule has 3 rings (SSSR count). The lowest BCUT2D eigenvalue weighted by molar-refractivity contribution is -0.145. The van der Waals surface area contributed by atoms with Crippen molar-refractivity contribution in [3.05, 3.63) is 59.8 Å². The average molecular weight is 308 g/mol. The smallest absolute Gasteiger partial charge is 0.311 e. The van der Waals surface area contributed by atoms with Gasteiger partial charge in [0.2, 0.25) is 0 Å². The van der Waals surface area contributed by atoms with Crippen molar-refractivity contribution in [3.63, 3.8) is 0 Å². The molecule has 2 aliphatic rings. The molecule has 2 aliphatic heterocycles. The highest BCUT2D eigenvalue weighted by Crippen LogP contribution is 2.38. The van der Waals surface area contributed by atoms with Crippen molar-refractivity contribution in [1.82, 2.24) is 4.90 Å². The first kappa shape index (κ1) is 15.0. The van der Waals surface area contributed by atoms with Gasteiger partial charge in [-0.25, -0.2) is 0 Å². The van der Waals surface area contributed by atoms with Crippen LogP contribution < -0.4 is 0 Å². The second-order valence-corrected chi connectivity index (χ2v) is 5.58. The maximum atomic E-state index is 12.8. The molecule has 1 aromatic rings. The van der Waals surface area contributed by atoms with Gasteiger partial charge in [0.1, 0.15) is 0 Å². The Bertz CT molecular complexity index is 730. The Kier molecular flexibility index (Phi) is 3.98.